The van der Waals surface area contributed by atoms with Gasteiger partial charge in [0, 0.05) is 16.1 Å². The number of rotatable bonds is 6. The van der Waals surface area contributed by atoms with E-state index in [1.165, 1.54) is 11.8 Å². The van der Waals surface area contributed by atoms with Gasteiger partial charge in [-0.3, -0.25) is 9.89 Å². The third kappa shape index (κ3) is 4.57. The molecule has 112 valence electrons. The molecule has 2 N–H and O–H groups in total. The zero-order chi connectivity index (χ0) is 15.2. The van der Waals surface area contributed by atoms with Gasteiger partial charge in [-0.1, -0.05) is 52.8 Å². The Morgan fingerprint density at radius 1 is 1.48 bits per heavy atom. The number of H-pyrrole nitrogens is 1. The van der Waals surface area contributed by atoms with Crippen LogP contribution in [-0.4, -0.2) is 32.9 Å². The van der Waals surface area contributed by atoms with Gasteiger partial charge in [0.2, 0.25) is 11.1 Å². The van der Waals surface area contributed by atoms with Gasteiger partial charge in [0.15, 0.2) is 5.82 Å². The van der Waals surface area contributed by atoms with E-state index in [1.54, 1.807) is 0 Å². The zero-order valence-corrected chi connectivity index (χ0v) is 14.3. The van der Waals surface area contributed by atoms with Gasteiger partial charge in [0.1, 0.15) is 0 Å². The molecule has 0 aliphatic heterocycles. The van der Waals surface area contributed by atoms with Crippen molar-refractivity contribution in [2.75, 3.05) is 5.75 Å². The third-order valence-corrected chi connectivity index (χ3v) is 4.48. The molecule has 21 heavy (non-hydrogen) atoms. The predicted molar refractivity (Wildman–Crippen MR) is 88.1 cm³/mol. The topological polar surface area (TPSA) is 70.7 Å². The molecule has 7 heteroatoms. The summed E-state index contributed by atoms with van der Waals surface area (Å²) in [6, 6.07) is 7.98. The molecule has 0 bridgehead atoms. The van der Waals surface area contributed by atoms with Crippen molar-refractivity contribution >= 4 is 33.6 Å². The Balaban J connectivity index is 1.95. The molecule has 0 saturated carbocycles. The fraction of sp³-hybridized carbons (Fsp3) is 0.357. The minimum Gasteiger partial charge on any atom is -0.353 e. The highest BCUT2D eigenvalue weighted by Crippen LogP contribution is 2.26. The number of hydrogen-bond acceptors (Lipinski definition) is 4. The number of amides is 1. The van der Waals surface area contributed by atoms with Crippen molar-refractivity contribution in [2.45, 2.75) is 31.5 Å². The number of nitrogens with one attached hydrogen (secondary N) is 2. The van der Waals surface area contributed by atoms with E-state index in [1.807, 2.05) is 38.1 Å². The first-order valence-electron chi connectivity index (χ1n) is 6.69. The Morgan fingerprint density at radius 3 is 2.95 bits per heavy atom. The van der Waals surface area contributed by atoms with E-state index in [4.69, 9.17) is 0 Å². The van der Waals surface area contributed by atoms with Crippen LogP contribution in [0.1, 0.15) is 20.3 Å². The van der Waals surface area contributed by atoms with Crippen LogP contribution in [0.3, 0.4) is 0 Å². The number of aromatic amines is 1. The van der Waals surface area contributed by atoms with Crippen molar-refractivity contribution in [1.29, 1.82) is 0 Å². The van der Waals surface area contributed by atoms with Crippen molar-refractivity contribution < 1.29 is 4.79 Å². The van der Waals surface area contributed by atoms with Gasteiger partial charge < -0.3 is 5.32 Å². The van der Waals surface area contributed by atoms with Crippen LogP contribution < -0.4 is 5.32 Å². The van der Waals surface area contributed by atoms with Gasteiger partial charge >= 0.3 is 0 Å². The van der Waals surface area contributed by atoms with E-state index in [9.17, 15) is 4.79 Å². The first-order chi connectivity index (χ1) is 10.1. The molecule has 0 aliphatic rings. The maximum absolute atomic E-state index is 11.7. The summed E-state index contributed by atoms with van der Waals surface area (Å²) in [6.45, 7) is 4.03. The van der Waals surface area contributed by atoms with Crippen LogP contribution in [0.5, 0.6) is 0 Å². The summed E-state index contributed by atoms with van der Waals surface area (Å²) < 4.78 is 0.951. The SMILES string of the molecule is CC[C@H](C)NC(=O)CSc1n[nH]c(-c2ccccc2Br)n1. The smallest absolute Gasteiger partial charge is 0.230 e. The summed E-state index contributed by atoms with van der Waals surface area (Å²) in [5, 5.41) is 10.5. The Kier molecular flexibility index (Phi) is 5.81. The third-order valence-electron chi connectivity index (χ3n) is 2.95. The number of aromatic nitrogens is 3. The molecule has 0 unspecified atom stereocenters. The number of benzene rings is 1. The molecule has 1 aromatic heterocycles. The minimum absolute atomic E-state index is 0.00147. The first kappa shape index (κ1) is 16.0. The number of halogens is 1. The van der Waals surface area contributed by atoms with Gasteiger partial charge in [-0.15, -0.1) is 5.10 Å². The largest absolute Gasteiger partial charge is 0.353 e. The Bertz CT molecular complexity index is 617. The normalized spacial score (nSPS) is 12.1. The summed E-state index contributed by atoms with van der Waals surface area (Å²) in [7, 11) is 0. The molecule has 0 aliphatic carbocycles. The van der Waals surface area contributed by atoms with E-state index in [0.717, 1.165) is 16.5 Å². The van der Waals surface area contributed by atoms with Crippen LogP contribution in [0.2, 0.25) is 0 Å². The van der Waals surface area contributed by atoms with Crippen molar-refractivity contribution in [3.8, 4) is 11.4 Å². The molecule has 0 radical (unpaired) electrons. The highest BCUT2D eigenvalue weighted by Gasteiger charge is 2.11. The summed E-state index contributed by atoms with van der Waals surface area (Å²) in [4.78, 5) is 16.1. The average molecular weight is 369 g/mol. The Hall–Kier alpha value is -1.34. The molecule has 5 nitrogen and oxygen atoms in total. The molecule has 1 amide bonds. The summed E-state index contributed by atoms with van der Waals surface area (Å²) in [6.07, 6.45) is 0.920. The van der Waals surface area contributed by atoms with E-state index in [2.05, 4.69) is 36.4 Å². The van der Waals surface area contributed by atoms with Crippen molar-refractivity contribution in [2.24, 2.45) is 0 Å². The molecule has 0 spiro atoms. The second-order valence-electron chi connectivity index (χ2n) is 4.61. The molecule has 0 saturated heterocycles. The van der Waals surface area contributed by atoms with Crippen molar-refractivity contribution in [3.63, 3.8) is 0 Å². The van der Waals surface area contributed by atoms with Crippen molar-refractivity contribution in [3.05, 3.63) is 28.7 Å². The van der Waals surface area contributed by atoms with Crippen molar-refractivity contribution in [1.82, 2.24) is 20.5 Å². The van der Waals surface area contributed by atoms with E-state index >= 15 is 0 Å². The maximum Gasteiger partial charge on any atom is 0.230 e. The lowest BCUT2D eigenvalue weighted by Gasteiger charge is -2.09. The second-order valence-corrected chi connectivity index (χ2v) is 6.41. The van der Waals surface area contributed by atoms with Gasteiger partial charge in [-0.05, 0) is 19.4 Å². The molecule has 1 heterocycles. The Labute approximate surface area is 136 Å². The van der Waals surface area contributed by atoms with E-state index in [-0.39, 0.29) is 11.9 Å². The summed E-state index contributed by atoms with van der Waals surface area (Å²) >= 11 is 4.80. The lowest BCUT2D eigenvalue weighted by Crippen LogP contribution is -2.33. The van der Waals surface area contributed by atoms with Crippen LogP contribution >= 0.6 is 27.7 Å². The number of hydrogen-bond donors (Lipinski definition) is 2. The average Bonchev–Trinajstić information content (AvgIpc) is 2.94. The molecule has 1 aromatic carbocycles. The number of thioether (sulfide) groups is 1. The summed E-state index contributed by atoms with van der Waals surface area (Å²) in [5.41, 5.74) is 0.945. The number of nitrogens with zero attached hydrogens (tertiary/aromatic N) is 2. The van der Waals surface area contributed by atoms with Gasteiger partial charge in [0.05, 0.1) is 5.75 Å². The molecular formula is C14H17BrN4OS. The van der Waals surface area contributed by atoms with Gasteiger partial charge in [-0.25, -0.2) is 4.98 Å². The molecule has 2 aromatic rings. The lowest BCUT2D eigenvalue weighted by molar-refractivity contribution is -0.119. The van der Waals surface area contributed by atoms with E-state index in [0.29, 0.717) is 16.7 Å². The minimum atomic E-state index is 0.00147. The van der Waals surface area contributed by atoms with Gasteiger partial charge in [0.25, 0.3) is 0 Å². The monoisotopic (exact) mass is 368 g/mol. The lowest BCUT2D eigenvalue weighted by atomic mass is 10.2. The van der Waals surface area contributed by atoms with Crippen LogP contribution in [0.25, 0.3) is 11.4 Å². The molecular weight excluding hydrogens is 352 g/mol. The number of carbonyl (C=O) groups is 1. The first-order valence-corrected chi connectivity index (χ1v) is 8.47. The highest BCUT2D eigenvalue weighted by atomic mass is 79.9. The summed E-state index contributed by atoms with van der Waals surface area (Å²) in [5.74, 6) is 1.01. The van der Waals surface area contributed by atoms with E-state index < -0.39 is 0 Å². The highest BCUT2D eigenvalue weighted by molar-refractivity contribution is 9.10. The van der Waals surface area contributed by atoms with Crippen LogP contribution in [0.15, 0.2) is 33.9 Å². The van der Waals surface area contributed by atoms with Gasteiger partial charge in [-0.2, -0.15) is 0 Å². The maximum atomic E-state index is 11.7. The zero-order valence-electron chi connectivity index (χ0n) is 11.9. The molecule has 1 atom stereocenters. The fourth-order valence-electron chi connectivity index (χ4n) is 1.63. The Morgan fingerprint density at radius 2 is 2.24 bits per heavy atom. The fourth-order valence-corrected chi connectivity index (χ4v) is 2.72. The van der Waals surface area contributed by atoms with Crippen LogP contribution in [0.4, 0.5) is 0 Å². The van der Waals surface area contributed by atoms with Crippen LogP contribution in [0, 0.1) is 0 Å². The number of carbonyl (C=O) groups excluding carboxylic acids is 1. The second kappa shape index (κ2) is 7.61. The standard InChI is InChI=1S/C14H17BrN4OS/c1-3-9(2)16-12(20)8-21-14-17-13(18-19-14)10-6-4-5-7-11(10)15/h4-7,9H,3,8H2,1-2H3,(H,16,20)(H,17,18,19)/t9-/m0/s1. The van der Waals surface area contributed by atoms with Crippen LogP contribution in [-0.2, 0) is 4.79 Å². The molecule has 0 fully saturated rings. The quantitative estimate of drug-likeness (QED) is 0.767. The predicted octanol–water partition coefficient (Wildman–Crippen LogP) is 3.24. The molecule has 2 rings (SSSR count).